The Bertz CT molecular complexity index is 1080. The van der Waals surface area contributed by atoms with E-state index in [2.05, 4.69) is 6.07 Å². The van der Waals surface area contributed by atoms with Crippen LogP contribution in [-0.2, 0) is 17.1 Å². The van der Waals surface area contributed by atoms with Gasteiger partial charge in [0, 0.05) is 19.1 Å². The van der Waals surface area contributed by atoms with E-state index < -0.39 is 59.6 Å². The Morgan fingerprint density at radius 2 is 1.73 bits per heavy atom. The Hall–Kier alpha value is -3.01. The monoisotopic (exact) mass is 531 g/mol. The van der Waals surface area contributed by atoms with Gasteiger partial charge in [-0.15, -0.1) is 0 Å². The topological polar surface area (TPSA) is 93.7 Å². The van der Waals surface area contributed by atoms with Crippen molar-refractivity contribution < 1.29 is 35.9 Å². The summed E-state index contributed by atoms with van der Waals surface area (Å²) in [6.07, 6.45) is -8.24. The molecule has 4 rings (SSSR count). The third kappa shape index (κ3) is 5.08. The molecule has 3 fully saturated rings. The predicted molar refractivity (Wildman–Crippen MR) is 118 cm³/mol. The van der Waals surface area contributed by atoms with Gasteiger partial charge < -0.3 is 20.4 Å². The summed E-state index contributed by atoms with van der Waals surface area (Å²) in [7, 11) is 0. The van der Waals surface area contributed by atoms with Crippen LogP contribution in [0.4, 0.5) is 31.1 Å². The molecular weight excluding hydrogens is 504 g/mol. The first-order valence-electron chi connectivity index (χ1n) is 12.0. The average Bonchev–Trinajstić information content (AvgIpc) is 3.38. The van der Waals surface area contributed by atoms with Gasteiger partial charge in [0.05, 0.1) is 29.3 Å². The van der Waals surface area contributed by atoms with Crippen LogP contribution in [0.3, 0.4) is 0 Å². The number of hydrogen-bond acceptors (Lipinski definition) is 4. The lowest BCUT2D eigenvalue weighted by molar-refractivity contribution is -0.143. The lowest BCUT2D eigenvalue weighted by atomic mass is 9.98. The van der Waals surface area contributed by atoms with Crippen molar-refractivity contribution in [3.8, 4) is 6.07 Å². The summed E-state index contributed by atoms with van der Waals surface area (Å²) in [5, 5.41) is 9.35. The minimum atomic E-state index is -5.01. The SMILES string of the molecule is CCC1CN(CC(N)C(=O)N2C(C#N)CC3CC32)C(=O)N1C(C)c1cc(C(F)(F)F)cc(C(F)(F)F)c1. The molecule has 2 aliphatic heterocycles. The molecule has 0 aromatic heterocycles. The van der Waals surface area contributed by atoms with E-state index >= 15 is 0 Å². The van der Waals surface area contributed by atoms with Crippen LogP contribution in [0.25, 0.3) is 0 Å². The van der Waals surface area contributed by atoms with E-state index in [0.29, 0.717) is 25.0 Å². The van der Waals surface area contributed by atoms with E-state index in [1.165, 1.54) is 21.6 Å². The van der Waals surface area contributed by atoms with E-state index in [0.717, 1.165) is 6.42 Å². The highest BCUT2D eigenvalue weighted by Crippen LogP contribution is 2.48. The normalized spacial score (nSPS) is 27.2. The smallest absolute Gasteiger partial charge is 0.322 e. The molecule has 202 valence electrons. The van der Waals surface area contributed by atoms with Crippen molar-refractivity contribution in [1.82, 2.24) is 14.7 Å². The number of amides is 3. The number of hydrogen-bond donors (Lipinski definition) is 1. The molecule has 2 saturated heterocycles. The zero-order valence-corrected chi connectivity index (χ0v) is 20.2. The van der Waals surface area contributed by atoms with Crippen LogP contribution in [0.1, 0.15) is 55.8 Å². The highest BCUT2D eigenvalue weighted by Gasteiger charge is 2.55. The predicted octanol–water partition coefficient (Wildman–Crippen LogP) is 4.14. The molecule has 13 heteroatoms. The zero-order valence-electron chi connectivity index (χ0n) is 20.2. The van der Waals surface area contributed by atoms with E-state index in [-0.39, 0.29) is 36.7 Å². The fourth-order valence-electron chi connectivity index (χ4n) is 5.48. The van der Waals surface area contributed by atoms with Crippen molar-refractivity contribution in [2.24, 2.45) is 11.7 Å². The van der Waals surface area contributed by atoms with Crippen molar-refractivity contribution in [1.29, 1.82) is 5.26 Å². The summed E-state index contributed by atoms with van der Waals surface area (Å²) >= 11 is 0. The van der Waals surface area contributed by atoms with E-state index in [4.69, 9.17) is 5.73 Å². The second-order valence-corrected chi connectivity index (χ2v) is 9.97. The first kappa shape index (κ1) is 27.0. The fraction of sp³-hybridized carbons (Fsp3) is 0.625. The molecule has 1 aromatic carbocycles. The Morgan fingerprint density at radius 3 is 2.24 bits per heavy atom. The molecule has 0 spiro atoms. The molecule has 2 heterocycles. The Kier molecular flexibility index (Phi) is 6.85. The Labute approximate surface area is 209 Å². The van der Waals surface area contributed by atoms with Crippen molar-refractivity contribution in [2.75, 3.05) is 13.1 Å². The van der Waals surface area contributed by atoms with Gasteiger partial charge in [-0.05, 0) is 55.9 Å². The summed E-state index contributed by atoms with van der Waals surface area (Å²) in [6.45, 7) is 3.05. The van der Waals surface area contributed by atoms with Gasteiger partial charge in [0.15, 0.2) is 0 Å². The van der Waals surface area contributed by atoms with Gasteiger partial charge in [-0.1, -0.05) is 6.92 Å². The maximum absolute atomic E-state index is 13.4. The van der Waals surface area contributed by atoms with Crippen LogP contribution in [-0.4, -0.2) is 63.9 Å². The third-order valence-corrected chi connectivity index (χ3v) is 7.54. The number of likely N-dealkylation sites (tertiary alicyclic amines) is 1. The van der Waals surface area contributed by atoms with Crippen molar-refractivity contribution in [3.05, 3.63) is 34.9 Å². The lowest BCUT2D eigenvalue weighted by Gasteiger charge is -2.31. The number of nitrogens with two attached hydrogens (primary N) is 1. The summed E-state index contributed by atoms with van der Waals surface area (Å²) in [4.78, 5) is 30.3. The standard InChI is InChI=1S/C24H27F6N5O2/c1-3-17-10-33(11-19(32)21(36)35-18(9-31)6-14-7-20(14)35)22(37)34(17)12(2)13-4-15(23(25,26)27)8-16(5-13)24(28,29)30/h4-5,8,12,14,17-20H,3,6-7,10-11,32H2,1-2H3. The molecule has 7 nitrogen and oxygen atoms in total. The van der Waals surface area contributed by atoms with E-state index in [1.54, 1.807) is 6.92 Å². The van der Waals surface area contributed by atoms with Gasteiger partial charge in [-0.25, -0.2) is 4.79 Å². The first-order chi connectivity index (χ1) is 17.2. The lowest BCUT2D eigenvalue weighted by Crippen LogP contribution is -2.52. The van der Waals surface area contributed by atoms with Crippen LogP contribution in [0, 0.1) is 17.2 Å². The number of urea groups is 1. The second-order valence-electron chi connectivity index (χ2n) is 9.97. The molecule has 6 unspecified atom stereocenters. The number of alkyl halides is 6. The average molecular weight is 532 g/mol. The number of rotatable bonds is 6. The number of nitrogens with zero attached hydrogens (tertiary/aromatic N) is 4. The summed E-state index contributed by atoms with van der Waals surface area (Å²) in [5.41, 5.74) is 2.92. The van der Waals surface area contributed by atoms with Gasteiger partial charge in [0.25, 0.3) is 0 Å². The summed E-state index contributed by atoms with van der Waals surface area (Å²) < 4.78 is 80.2. The maximum atomic E-state index is 13.4. The molecule has 1 aromatic rings. The summed E-state index contributed by atoms with van der Waals surface area (Å²) in [6, 6.07) is -0.559. The number of halogens is 6. The molecule has 0 bridgehead atoms. The molecule has 6 atom stereocenters. The number of carbonyl (C=O) groups is 2. The molecule has 3 amide bonds. The van der Waals surface area contributed by atoms with Gasteiger partial charge in [-0.2, -0.15) is 31.6 Å². The maximum Gasteiger partial charge on any atom is 0.416 e. The summed E-state index contributed by atoms with van der Waals surface area (Å²) in [5.74, 6) is -0.166. The van der Waals surface area contributed by atoms with Crippen molar-refractivity contribution in [3.63, 3.8) is 0 Å². The molecule has 1 saturated carbocycles. The molecular formula is C24H27F6N5O2. The van der Waals surface area contributed by atoms with Crippen LogP contribution in [0.2, 0.25) is 0 Å². The fourth-order valence-corrected chi connectivity index (χ4v) is 5.48. The zero-order chi connectivity index (χ0) is 27.4. The minimum Gasteiger partial charge on any atom is -0.322 e. The Morgan fingerprint density at radius 1 is 1.14 bits per heavy atom. The highest BCUT2D eigenvalue weighted by molar-refractivity contribution is 5.85. The number of piperidine rings is 1. The van der Waals surface area contributed by atoms with Crippen LogP contribution < -0.4 is 5.73 Å². The second kappa shape index (κ2) is 9.38. The largest absolute Gasteiger partial charge is 0.416 e. The van der Waals surface area contributed by atoms with Crippen LogP contribution in [0.15, 0.2) is 18.2 Å². The van der Waals surface area contributed by atoms with E-state index in [1.807, 2.05) is 0 Å². The number of fused-ring (bicyclic) bond motifs is 1. The molecule has 0 radical (unpaired) electrons. The van der Waals surface area contributed by atoms with Gasteiger partial charge in [0.1, 0.15) is 12.1 Å². The first-order valence-corrected chi connectivity index (χ1v) is 12.0. The number of carbonyl (C=O) groups excluding carboxylic acids is 2. The van der Waals surface area contributed by atoms with Crippen molar-refractivity contribution in [2.45, 2.75) is 75.7 Å². The Balaban J connectivity index is 1.55. The number of benzene rings is 1. The van der Waals surface area contributed by atoms with Crippen LogP contribution in [0.5, 0.6) is 0 Å². The number of nitriles is 1. The molecule has 1 aliphatic carbocycles. The van der Waals surface area contributed by atoms with Gasteiger partial charge >= 0.3 is 18.4 Å². The molecule has 2 N–H and O–H groups in total. The quantitative estimate of drug-likeness (QED) is 0.559. The van der Waals surface area contributed by atoms with Crippen LogP contribution >= 0.6 is 0 Å². The van der Waals surface area contributed by atoms with Crippen molar-refractivity contribution >= 4 is 11.9 Å². The third-order valence-electron chi connectivity index (χ3n) is 7.54. The van der Waals surface area contributed by atoms with E-state index in [9.17, 15) is 41.2 Å². The highest BCUT2D eigenvalue weighted by atomic mass is 19.4. The molecule has 37 heavy (non-hydrogen) atoms. The minimum absolute atomic E-state index is 0.0267. The van der Waals surface area contributed by atoms with Gasteiger partial charge in [0.2, 0.25) is 5.91 Å². The van der Waals surface area contributed by atoms with Gasteiger partial charge in [-0.3, -0.25) is 4.79 Å². The molecule has 3 aliphatic rings.